The highest BCUT2D eigenvalue weighted by Gasteiger charge is 2.02. The number of allylic oxidation sites excluding steroid dienone is 1. The molecule has 0 bridgehead atoms. The molecular formula is C9H19N3O. The number of nitrogens with one attached hydrogen (secondary N) is 3. The summed E-state index contributed by atoms with van der Waals surface area (Å²) in [7, 11) is 1.85. The number of hydrogen-bond donors (Lipinski definition) is 3. The maximum atomic E-state index is 11.1. The Balaban J connectivity index is 4.12. The third kappa shape index (κ3) is 5.25. The number of likely N-dealkylation sites (N-methyl/N-ethyl adjacent to an activating group) is 1. The van der Waals surface area contributed by atoms with Gasteiger partial charge >= 0.3 is 6.03 Å². The molecule has 13 heavy (non-hydrogen) atoms. The molecule has 0 aliphatic heterocycles. The van der Waals surface area contributed by atoms with Crippen molar-refractivity contribution in [3.63, 3.8) is 0 Å². The normalized spacial score (nSPS) is 9.23. The molecule has 3 N–H and O–H groups in total. The van der Waals surface area contributed by atoms with Crippen molar-refractivity contribution in [2.24, 2.45) is 0 Å². The van der Waals surface area contributed by atoms with Gasteiger partial charge in [0.15, 0.2) is 0 Å². The number of urea groups is 1. The van der Waals surface area contributed by atoms with E-state index >= 15 is 0 Å². The fourth-order valence-corrected chi connectivity index (χ4v) is 0.865. The molecule has 0 aromatic carbocycles. The minimum absolute atomic E-state index is 0.144. The van der Waals surface area contributed by atoms with E-state index in [1.165, 1.54) is 0 Å². The summed E-state index contributed by atoms with van der Waals surface area (Å²) in [5.41, 5.74) is 2.04. The average Bonchev–Trinajstić information content (AvgIpc) is 2.04. The Bertz CT molecular complexity index is 195. The van der Waals surface area contributed by atoms with Crippen LogP contribution in [-0.2, 0) is 0 Å². The van der Waals surface area contributed by atoms with Crippen molar-refractivity contribution in [1.82, 2.24) is 16.0 Å². The van der Waals surface area contributed by atoms with Gasteiger partial charge in [-0.3, -0.25) is 0 Å². The fourth-order valence-electron chi connectivity index (χ4n) is 0.865. The maximum Gasteiger partial charge on any atom is 0.319 e. The van der Waals surface area contributed by atoms with Gasteiger partial charge in [-0.2, -0.15) is 0 Å². The van der Waals surface area contributed by atoms with E-state index in [-0.39, 0.29) is 6.03 Å². The van der Waals surface area contributed by atoms with Gasteiger partial charge in [-0.15, -0.1) is 0 Å². The Morgan fingerprint density at radius 2 is 1.92 bits per heavy atom. The molecular weight excluding hydrogens is 166 g/mol. The lowest BCUT2D eigenvalue weighted by atomic mass is 10.2. The Kier molecular flexibility index (Phi) is 5.97. The number of amides is 2. The highest BCUT2D eigenvalue weighted by atomic mass is 16.2. The molecule has 0 radical (unpaired) electrons. The highest BCUT2D eigenvalue weighted by Crippen LogP contribution is 1.97. The van der Waals surface area contributed by atoms with Crippen LogP contribution in [0.1, 0.15) is 20.8 Å². The molecule has 0 unspecified atom stereocenters. The summed E-state index contributed by atoms with van der Waals surface area (Å²) in [6.07, 6.45) is 0. The monoisotopic (exact) mass is 185 g/mol. The molecule has 0 heterocycles. The summed E-state index contributed by atoms with van der Waals surface area (Å²) in [4.78, 5) is 11.1. The highest BCUT2D eigenvalue weighted by molar-refractivity contribution is 5.75. The third-order valence-corrected chi connectivity index (χ3v) is 1.56. The van der Waals surface area contributed by atoms with Crippen LogP contribution in [0.3, 0.4) is 0 Å². The van der Waals surface area contributed by atoms with Crippen molar-refractivity contribution < 1.29 is 4.79 Å². The minimum Gasteiger partial charge on any atom is -0.338 e. The summed E-state index contributed by atoms with van der Waals surface area (Å²) in [5.74, 6) is 0. The second-order valence-corrected chi connectivity index (χ2v) is 2.99. The number of hydrogen-bond acceptors (Lipinski definition) is 2. The molecule has 0 aliphatic rings. The predicted octanol–water partition coefficient (Wildman–Crippen LogP) is 0.819. The molecule has 4 heteroatoms. The molecule has 0 saturated carbocycles. The quantitative estimate of drug-likeness (QED) is 0.607. The zero-order valence-electron chi connectivity index (χ0n) is 8.82. The summed E-state index contributed by atoms with van der Waals surface area (Å²) in [6.45, 7) is 7.15. The predicted molar refractivity (Wildman–Crippen MR) is 54.5 cm³/mol. The second kappa shape index (κ2) is 6.48. The SMILES string of the molecule is CCNC(=O)NC(CNC)=C(C)C. The van der Waals surface area contributed by atoms with E-state index in [2.05, 4.69) is 16.0 Å². The van der Waals surface area contributed by atoms with Crippen molar-refractivity contribution in [3.05, 3.63) is 11.3 Å². The molecule has 0 aromatic rings. The standard InChI is InChI=1S/C9H19N3O/c1-5-11-9(13)12-8(6-10-4)7(2)3/h10H,5-6H2,1-4H3,(H2,11,12,13). The fraction of sp³-hybridized carbons (Fsp3) is 0.667. The van der Waals surface area contributed by atoms with E-state index in [9.17, 15) is 4.79 Å². The van der Waals surface area contributed by atoms with Gasteiger partial charge in [-0.25, -0.2) is 4.79 Å². The lowest BCUT2D eigenvalue weighted by Gasteiger charge is -2.11. The van der Waals surface area contributed by atoms with E-state index in [0.717, 1.165) is 11.3 Å². The van der Waals surface area contributed by atoms with Crippen molar-refractivity contribution in [2.45, 2.75) is 20.8 Å². The molecule has 0 atom stereocenters. The zero-order chi connectivity index (χ0) is 10.3. The van der Waals surface area contributed by atoms with Crippen LogP contribution in [0.5, 0.6) is 0 Å². The van der Waals surface area contributed by atoms with Crippen molar-refractivity contribution >= 4 is 6.03 Å². The van der Waals surface area contributed by atoms with Crippen molar-refractivity contribution in [2.75, 3.05) is 20.1 Å². The van der Waals surface area contributed by atoms with Crippen LogP contribution < -0.4 is 16.0 Å². The first-order valence-corrected chi connectivity index (χ1v) is 4.47. The molecule has 0 aliphatic carbocycles. The first-order chi connectivity index (χ1) is 6.11. The van der Waals surface area contributed by atoms with Gasteiger partial charge in [0.05, 0.1) is 0 Å². The van der Waals surface area contributed by atoms with Crippen molar-refractivity contribution in [3.8, 4) is 0 Å². The third-order valence-electron chi connectivity index (χ3n) is 1.56. The van der Waals surface area contributed by atoms with E-state index in [4.69, 9.17) is 0 Å². The zero-order valence-corrected chi connectivity index (χ0v) is 8.82. The molecule has 0 aromatic heterocycles. The number of rotatable bonds is 4. The van der Waals surface area contributed by atoms with Gasteiger partial charge in [0.1, 0.15) is 0 Å². The molecule has 0 rings (SSSR count). The summed E-state index contributed by atoms with van der Waals surface area (Å²) >= 11 is 0. The number of carbonyl (C=O) groups excluding carboxylic acids is 1. The first kappa shape index (κ1) is 12.0. The number of carbonyl (C=O) groups is 1. The maximum absolute atomic E-state index is 11.1. The lowest BCUT2D eigenvalue weighted by molar-refractivity contribution is 0.243. The van der Waals surface area contributed by atoms with Gasteiger partial charge in [0, 0.05) is 18.8 Å². The van der Waals surface area contributed by atoms with E-state index < -0.39 is 0 Å². The smallest absolute Gasteiger partial charge is 0.319 e. The van der Waals surface area contributed by atoms with Gasteiger partial charge in [0.2, 0.25) is 0 Å². The molecule has 0 spiro atoms. The van der Waals surface area contributed by atoms with Gasteiger partial charge in [-0.1, -0.05) is 5.57 Å². The van der Waals surface area contributed by atoms with Crippen LogP contribution in [0.4, 0.5) is 4.79 Å². The van der Waals surface area contributed by atoms with Crippen LogP contribution in [0.25, 0.3) is 0 Å². The summed E-state index contributed by atoms with van der Waals surface area (Å²) in [5, 5.41) is 8.46. The van der Waals surface area contributed by atoms with Crippen LogP contribution in [-0.4, -0.2) is 26.2 Å². The first-order valence-electron chi connectivity index (χ1n) is 4.47. The molecule has 4 nitrogen and oxygen atoms in total. The minimum atomic E-state index is -0.144. The van der Waals surface area contributed by atoms with Gasteiger partial charge in [0.25, 0.3) is 0 Å². The van der Waals surface area contributed by atoms with Crippen LogP contribution in [0, 0.1) is 0 Å². The van der Waals surface area contributed by atoms with Crippen LogP contribution >= 0.6 is 0 Å². The largest absolute Gasteiger partial charge is 0.338 e. The molecule has 0 saturated heterocycles. The topological polar surface area (TPSA) is 53.2 Å². The van der Waals surface area contributed by atoms with E-state index in [0.29, 0.717) is 13.1 Å². The molecule has 2 amide bonds. The summed E-state index contributed by atoms with van der Waals surface area (Å²) < 4.78 is 0. The Morgan fingerprint density at radius 1 is 1.31 bits per heavy atom. The van der Waals surface area contributed by atoms with Gasteiger partial charge < -0.3 is 16.0 Å². The van der Waals surface area contributed by atoms with E-state index in [1.54, 1.807) is 0 Å². The van der Waals surface area contributed by atoms with Crippen LogP contribution in [0.15, 0.2) is 11.3 Å². The molecule has 76 valence electrons. The Morgan fingerprint density at radius 3 is 2.31 bits per heavy atom. The Labute approximate surface area is 79.8 Å². The van der Waals surface area contributed by atoms with Crippen molar-refractivity contribution in [1.29, 1.82) is 0 Å². The van der Waals surface area contributed by atoms with Gasteiger partial charge in [-0.05, 0) is 27.8 Å². The second-order valence-electron chi connectivity index (χ2n) is 2.99. The molecule has 0 fully saturated rings. The Hall–Kier alpha value is -1.03. The average molecular weight is 185 g/mol. The van der Waals surface area contributed by atoms with E-state index in [1.807, 2.05) is 27.8 Å². The summed E-state index contributed by atoms with van der Waals surface area (Å²) in [6, 6.07) is -0.144. The lowest BCUT2D eigenvalue weighted by Crippen LogP contribution is -2.37. The van der Waals surface area contributed by atoms with Crippen LogP contribution in [0.2, 0.25) is 0 Å².